The van der Waals surface area contributed by atoms with Gasteiger partial charge in [-0.2, -0.15) is 0 Å². The molecule has 0 spiro atoms. The van der Waals surface area contributed by atoms with E-state index in [1.165, 1.54) is 6.42 Å². The van der Waals surface area contributed by atoms with Crippen molar-refractivity contribution in [3.63, 3.8) is 0 Å². The molecule has 2 aliphatic rings. The fourth-order valence-electron chi connectivity index (χ4n) is 6.16. The predicted molar refractivity (Wildman–Crippen MR) is 145 cm³/mol. The highest BCUT2D eigenvalue weighted by molar-refractivity contribution is 7.91. The first-order chi connectivity index (χ1) is 17.1. The number of hydrogen-bond acceptors (Lipinski definition) is 5. The van der Waals surface area contributed by atoms with Crippen LogP contribution in [0.4, 0.5) is 17.3 Å². The maximum Gasteiger partial charge on any atom is 0.227 e. The first kappa shape index (κ1) is 24.8. The third kappa shape index (κ3) is 5.43. The summed E-state index contributed by atoms with van der Waals surface area (Å²) in [6.07, 6.45) is 4.26. The van der Waals surface area contributed by atoms with Gasteiger partial charge in [-0.05, 0) is 79.8 Å². The van der Waals surface area contributed by atoms with Gasteiger partial charge in [0.25, 0.3) is 0 Å². The van der Waals surface area contributed by atoms with Gasteiger partial charge < -0.3 is 15.2 Å². The van der Waals surface area contributed by atoms with Gasteiger partial charge in [-0.25, -0.2) is 13.4 Å². The fraction of sp³-hybridized carbons (Fsp3) is 0.500. The summed E-state index contributed by atoms with van der Waals surface area (Å²) < 4.78 is 25.7. The predicted octanol–water partition coefficient (Wildman–Crippen LogP) is 5.93. The Morgan fingerprint density at radius 2 is 1.67 bits per heavy atom. The molecule has 3 aromatic rings. The molecular weight excluding hydrogens is 472 g/mol. The summed E-state index contributed by atoms with van der Waals surface area (Å²) in [5, 5.41) is 6.47. The van der Waals surface area contributed by atoms with Crippen LogP contribution in [-0.2, 0) is 14.6 Å². The summed E-state index contributed by atoms with van der Waals surface area (Å²) in [7, 11) is -2.98. The van der Waals surface area contributed by atoms with Gasteiger partial charge in [0, 0.05) is 23.3 Å². The number of amides is 1. The summed E-state index contributed by atoms with van der Waals surface area (Å²) in [4.78, 5) is 17.6. The minimum absolute atomic E-state index is 0.0892. The SMILES string of the molecule is C[C@@H]1C[C@H](n2c(Nc3ccc(NC(=O)C4CCS(=O)(=O)CC4)cc3)nc3ccccc32)CC(C)(C)C1. The Hall–Kier alpha value is -2.87. The lowest BCUT2D eigenvalue weighted by Crippen LogP contribution is -2.31. The zero-order chi connectivity index (χ0) is 25.5. The maximum absolute atomic E-state index is 12.6. The van der Waals surface area contributed by atoms with E-state index >= 15 is 0 Å². The van der Waals surface area contributed by atoms with Crippen molar-refractivity contribution in [2.75, 3.05) is 22.1 Å². The van der Waals surface area contributed by atoms with Crippen molar-refractivity contribution >= 4 is 44.1 Å². The minimum atomic E-state index is -2.98. The smallest absolute Gasteiger partial charge is 0.227 e. The molecule has 0 radical (unpaired) electrons. The van der Waals surface area contributed by atoms with Crippen LogP contribution in [0.5, 0.6) is 0 Å². The van der Waals surface area contributed by atoms with Gasteiger partial charge in [0.15, 0.2) is 0 Å². The number of sulfone groups is 1. The van der Waals surface area contributed by atoms with Gasteiger partial charge in [-0.1, -0.05) is 32.9 Å². The Labute approximate surface area is 213 Å². The fourth-order valence-corrected chi connectivity index (χ4v) is 7.65. The number of imidazole rings is 1. The van der Waals surface area contributed by atoms with E-state index < -0.39 is 9.84 Å². The molecular formula is C28H36N4O3S. The molecule has 8 heteroatoms. The van der Waals surface area contributed by atoms with Crippen molar-refractivity contribution in [3.8, 4) is 0 Å². The standard InChI is InChI=1S/C28H36N4O3S/c1-19-16-23(18-28(2,3)17-19)32-25-7-5-4-6-24(25)31-27(32)30-22-10-8-21(9-11-22)29-26(33)20-12-14-36(34,35)15-13-20/h4-11,19-20,23H,12-18H2,1-3H3,(H,29,33)(H,30,31)/t19-,23+/m1/s1. The third-order valence-corrected chi connectivity index (χ3v) is 9.37. The molecule has 1 amide bonds. The zero-order valence-electron chi connectivity index (χ0n) is 21.3. The van der Waals surface area contributed by atoms with Crippen LogP contribution in [0.25, 0.3) is 11.0 Å². The number of rotatable bonds is 5. The topological polar surface area (TPSA) is 93.1 Å². The number of para-hydroxylation sites is 2. The Morgan fingerprint density at radius 1 is 1.00 bits per heavy atom. The molecule has 0 bridgehead atoms. The van der Waals surface area contributed by atoms with Crippen molar-refractivity contribution in [2.45, 2.75) is 58.9 Å². The highest BCUT2D eigenvalue weighted by Crippen LogP contribution is 2.46. The first-order valence-corrected chi connectivity index (χ1v) is 14.8. The van der Waals surface area contributed by atoms with Gasteiger partial charge in [0.1, 0.15) is 9.84 Å². The van der Waals surface area contributed by atoms with Crippen LogP contribution in [0.2, 0.25) is 0 Å². The number of carbonyl (C=O) groups excluding carboxylic acids is 1. The molecule has 5 rings (SSSR count). The molecule has 192 valence electrons. The highest BCUT2D eigenvalue weighted by atomic mass is 32.2. The van der Waals surface area contributed by atoms with Crippen LogP contribution in [-0.4, -0.2) is 35.4 Å². The van der Waals surface area contributed by atoms with E-state index in [9.17, 15) is 13.2 Å². The van der Waals surface area contributed by atoms with Gasteiger partial charge in [0.05, 0.1) is 22.5 Å². The zero-order valence-corrected chi connectivity index (χ0v) is 22.1. The normalized spacial score (nSPS) is 23.9. The van der Waals surface area contributed by atoms with Crippen molar-refractivity contribution in [1.29, 1.82) is 0 Å². The van der Waals surface area contributed by atoms with Crippen LogP contribution in [0.15, 0.2) is 48.5 Å². The van der Waals surface area contributed by atoms with Crippen molar-refractivity contribution in [2.24, 2.45) is 17.3 Å². The van der Waals surface area contributed by atoms with Crippen LogP contribution in [0, 0.1) is 17.3 Å². The van der Waals surface area contributed by atoms with Crippen LogP contribution in [0.3, 0.4) is 0 Å². The molecule has 2 aromatic carbocycles. The Balaban J connectivity index is 1.33. The quantitative estimate of drug-likeness (QED) is 0.446. The molecule has 1 aromatic heterocycles. The maximum atomic E-state index is 12.6. The monoisotopic (exact) mass is 508 g/mol. The van der Waals surface area contributed by atoms with E-state index in [1.54, 1.807) is 0 Å². The average Bonchev–Trinajstić information content (AvgIpc) is 3.16. The molecule has 1 saturated carbocycles. The summed E-state index contributed by atoms with van der Waals surface area (Å²) in [5.41, 5.74) is 4.02. The highest BCUT2D eigenvalue weighted by Gasteiger charge is 2.34. The lowest BCUT2D eigenvalue weighted by atomic mass is 9.70. The second kappa shape index (κ2) is 9.54. The molecule has 2 fully saturated rings. The average molecular weight is 509 g/mol. The number of nitrogens with one attached hydrogen (secondary N) is 2. The van der Waals surface area contributed by atoms with Gasteiger partial charge in [-0.3, -0.25) is 4.79 Å². The number of fused-ring (bicyclic) bond motifs is 1. The van der Waals surface area contributed by atoms with Crippen LogP contribution in [0.1, 0.15) is 58.9 Å². The van der Waals surface area contributed by atoms with E-state index in [2.05, 4.69) is 54.2 Å². The number of nitrogens with zero attached hydrogens (tertiary/aromatic N) is 2. The Kier molecular flexibility index (Phi) is 6.57. The van der Waals surface area contributed by atoms with Gasteiger partial charge in [0.2, 0.25) is 11.9 Å². The third-order valence-electron chi connectivity index (χ3n) is 7.66. The Bertz CT molecular complexity index is 1350. The molecule has 36 heavy (non-hydrogen) atoms. The number of hydrogen-bond donors (Lipinski definition) is 2. The molecule has 2 N–H and O–H groups in total. The number of aromatic nitrogens is 2. The van der Waals surface area contributed by atoms with E-state index in [0.717, 1.165) is 35.5 Å². The molecule has 2 atom stereocenters. The summed E-state index contributed by atoms with van der Waals surface area (Å²) in [6, 6.07) is 16.3. The largest absolute Gasteiger partial charge is 0.326 e. The molecule has 1 aliphatic carbocycles. The van der Waals surface area contributed by atoms with E-state index in [-0.39, 0.29) is 28.7 Å². The first-order valence-electron chi connectivity index (χ1n) is 12.9. The second-order valence-corrected chi connectivity index (χ2v) is 13.8. The van der Waals surface area contributed by atoms with E-state index in [0.29, 0.717) is 30.5 Å². The molecule has 1 saturated heterocycles. The lowest BCUT2D eigenvalue weighted by Gasteiger charge is -2.40. The number of benzene rings is 2. The summed E-state index contributed by atoms with van der Waals surface area (Å²) in [6.45, 7) is 7.07. The minimum Gasteiger partial charge on any atom is -0.326 e. The van der Waals surface area contributed by atoms with E-state index in [4.69, 9.17) is 4.98 Å². The summed E-state index contributed by atoms with van der Waals surface area (Å²) in [5.74, 6) is 1.30. The van der Waals surface area contributed by atoms with Crippen LogP contribution >= 0.6 is 0 Å². The number of anilines is 3. The van der Waals surface area contributed by atoms with Crippen molar-refractivity contribution in [1.82, 2.24) is 9.55 Å². The second-order valence-electron chi connectivity index (χ2n) is 11.5. The van der Waals surface area contributed by atoms with Gasteiger partial charge in [-0.15, -0.1) is 0 Å². The van der Waals surface area contributed by atoms with Crippen molar-refractivity contribution in [3.05, 3.63) is 48.5 Å². The molecule has 0 unspecified atom stereocenters. The van der Waals surface area contributed by atoms with E-state index in [1.807, 2.05) is 30.3 Å². The molecule has 7 nitrogen and oxygen atoms in total. The Morgan fingerprint density at radius 3 is 2.36 bits per heavy atom. The van der Waals surface area contributed by atoms with Crippen LogP contribution < -0.4 is 10.6 Å². The molecule has 2 heterocycles. The van der Waals surface area contributed by atoms with Gasteiger partial charge >= 0.3 is 0 Å². The van der Waals surface area contributed by atoms with Crippen molar-refractivity contribution < 1.29 is 13.2 Å². The lowest BCUT2D eigenvalue weighted by molar-refractivity contribution is -0.120. The number of carbonyl (C=O) groups is 1. The molecule has 1 aliphatic heterocycles. The summed E-state index contributed by atoms with van der Waals surface area (Å²) >= 11 is 0.